The maximum atomic E-state index is 2.60. The molecule has 6 aromatic rings. The van der Waals surface area contributed by atoms with Crippen molar-refractivity contribution in [3.05, 3.63) is 151 Å². The average Bonchev–Trinajstić information content (AvgIpc) is 3.38. The zero-order valence-electron chi connectivity index (χ0n) is 25.6. The van der Waals surface area contributed by atoms with Crippen LogP contribution in [0.25, 0.3) is 33.0 Å². The molecule has 11 rings (SSSR count). The van der Waals surface area contributed by atoms with E-state index in [1.54, 1.807) is 11.1 Å². The second kappa shape index (κ2) is 9.69. The van der Waals surface area contributed by atoms with Crippen LogP contribution in [0.5, 0.6) is 0 Å². The summed E-state index contributed by atoms with van der Waals surface area (Å²) < 4.78 is 0. The molecule has 0 saturated heterocycles. The lowest BCUT2D eigenvalue weighted by Crippen LogP contribution is -2.55. The third kappa shape index (κ3) is 3.73. The van der Waals surface area contributed by atoms with Gasteiger partial charge in [-0.2, -0.15) is 0 Å². The van der Waals surface area contributed by atoms with Gasteiger partial charge in [-0.15, -0.1) is 0 Å². The molecule has 4 saturated carbocycles. The Labute approximate surface area is 266 Å². The summed E-state index contributed by atoms with van der Waals surface area (Å²) in [7, 11) is 0. The third-order valence-corrected chi connectivity index (χ3v) is 12.0. The van der Waals surface area contributed by atoms with Crippen molar-refractivity contribution >= 4 is 27.8 Å². The van der Waals surface area contributed by atoms with Crippen LogP contribution in [0, 0.1) is 23.7 Å². The van der Waals surface area contributed by atoms with E-state index in [1.165, 1.54) is 82.2 Å². The minimum absolute atomic E-state index is 0.164. The molecular formula is C44H37N. The van der Waals surface area contributed by atoms with Gasteiger partial charge in [-0.3, -0.25) is 0 Å². The summed E-state index contributed by atoms with van der Waals surface area (Å²) in [4.78, 5) is 2.47. The van der Waals surface area contributed by atoms with Gasteiger partial charge in [-0.1, -0.05) is 97.1 Å². The van der Waals surface area contributed by atoms with Crippen LogP contribution >= 0.6 is 0 Å². The molecule has 0 aliphatic heterocycles. The normalized spacial score (nSPS) is 25.4. The van der Waals surface area contributed by atoms with Gasteiger partial charge in [-0.25, -0.2) is 0 Å². The minimum atomic E-state index is 0.164. The second-order valence-electron chi connectivity index (χ2n) is 14.2. The van der Waals surface area contributed by atoms with E-state index in [0.717, 1.165) is 23.7 Å². The van der Waals surface area contributed by atoms with E-state index in [1.807, 2.05) is 0 Å². The molecule has 6 aromatic carbocycles. The molecule has 0 aromatic heterocycles. The fraction of sp³-hybridized carbons (Fsp3) is 0.227. The lowest BCUT2D eigenvalue weighted by molar-refractivity contribution is -0.0399. The zero-order chi connectivity index (χ0) is 29.5. The molecule has 0 atom stereocenters. The third-order valence-electron chi connectivity index (χ3n) is 12.0. The molecule has 1 nitrogen and oxygen atoms in total. The molecule has 5 aliphatic rings. The number of para-hydroxylation sites is 1. The maximum Gasteiger partial charge on any atom is 0.0465 e. The van der Waals surface area contributed by atoms with Gasteiger partial charge >= 0.3 is 0 Å². The monoisotopic (exact) mass is 579 g/mol. The van der Waals surface area contributed by atoms with E-state index >= 15 is 0 Å². The SMILES string of the molecule is c1ccc(N(c2ccc(-c3ccc4ccccc4c3)cc2)c2ccc3c(c2)C2(c4ccccc4-3)C3CC4CC(C3)CC2C4)cc1. The van der Waals surface area contributed by atoms with Gasteiger partial charge < -0.3 is 4.90 Å². The summed E-state index contributed by atoms with van der Waals surface area (Å²) in [6, 6.07) is 52.4. The quantitative estimate of drug-likeness (QED) is 0.201. The number of benzene rings is 6. The van der Waals surface area contributed by atoms with Gasteiger partial charge in [0.25, 0.3) is 0 Å². The topological polar surface area (TPSA) is 3.24 Å². The molecule has 0 amide bonds. The number of fused-ring (bicyclic) bond motifs is 4. The van der Waals surface area contributed by atoms with E-state index in [-0.39, 0.29) is 5.41 Å². The molecule has 0 heterocycles. The van der Waals surface area contributed by atoms with Gasteiger partial charge in [0, 0.05) is 22.5 Å². The van der Waals surface area contributed by atoms with Crippen molar-refractivity contribution in [2.45, 2.75) is 37.5 Å². The molecule has 1 heteroatoms. The summed E-state index contributed by atoms with van der Waals surface area (Å²) in [6.07, 6.45) is 7.11. The minimum Gasteiger partial charge on any atom is -0.310 e. The Kier molecular flexibility index (Phi) is 5.53. The molecular weight excluding hydrogens is 542 g/mol. The van der Waals surface area contributed by atoms with Gasteiger partial charge in [0.15, 0.2) is 0 Å². The van der Waals surface area contributed by atoms with Crippen molar-refractivity contribution in [1.29, 1.82) is 0 Å². The number of hydrogen-bond acceptors (Lipinski definition) is 1. The predicted octanol–water partition coefficient (Wildman–Crippen LogP) is 11.7. The van der Waals surface area contributed by atoms with Crippen LogP contribution in [0.2, 0.25) is 0 Å². The Morgan fingerprint density at radius 3 is 1.80 bits per heavy atom. The van der Waals surface area contributed by atoms with E-state index in [2.05, 4.69) is 144 Å². The Morgan fingerprint density at radius 1 is 0.422 bits per heavy atom. The summed E-state index contributed by atoms with van der Waals surface area (Å²) in [5.41, 5.74) is 12.5. The van der Waals surface area contributed by atoms with E-state index in [0.29, 0.717) is 0 Å². The van der Waals surface area contributed by atoms with Crippen molar-refractivity contribution in [2.75, 3.05) is 4.90 Å². The smallest absolute Gasteiger partial charge is 0.0465 e. The van der Waals surface area contributed by atoms with Crippen LogP contribution in [0.1, 0.15) is 43.2 Å². The molecule has 1 spiro atoms. The lowest BCUT2D eigenvalue weighted by Gasteiger charge is -2.61. The molecule has 4 fully saturated rings. The van der Waals surface area contributed by atoms with Crippen molar-refractivity contribution in [3.8, 4) is 22.3 Å². The van der Waals surface area contributed by atoms with Crippen LogP contribution in [-0.2, 0) is 5.41 Å². The van der Waals surface area contributed by atoms with Crippen molar-refractivity contribution in [1.82, 2.24) is 0 Å². The second-order valence-corrected chi connectivity index (χ2v) is 14.2. The first-order valence-electron chi connectivity index (χ1n) is 16.9. The highest BCUT2D eigenvalue weighted by molar-refractivity contribution is 5.89. The molecule has 0 unspecified atom stereocenters. The number of rotatable bonds is 4. The lowest BCUT2D eigenvalue weighted by atomic mass is 9.43. The number of nitrogens with zero attached hydrogens (tertiary/aromatic N) is 1. The molecule has 0 radical (unpaired) electrons. The number of hydrogen-bond donors (Lipinski definition) is 0. The fourth-order valence-corrected chi connectivity index (χ4v) is 10.5. The average molecular weight is 580 g/mol. The summed E-state index contributed by atoms with van der Waals surface area (Å²) in [5, 5.41) is 2.56. The Morgan fingerprint density at radius 2 is 1.02 bits per heavy atom. The largest absolute Gasteiger partial charge is 0.310 e. The van der Waals surface area contributed by atoms with Gasteiger partial charge in [0.1, 0.15) is 0 Å². The standard InChI is InChI=1S/C44H37N/c1-2-10-37(11-3-1)45(38-18-16-32(17-19-38)34-15-14-31-8-4-5-9-33(31)27-34)39-20-21-41-40-12-6-7-13-42(40)44(43(41)28-39)35-23-29-22-30(25-35)26-36(44)24-29/h1-21,27-30,35-36H,22-26H2. The Hall–Kier alpha value is -4.62. The maximum absolute atomic E-state index is 2.60. The van der Waals surface area contributed by atoms with Crippen molar-refractivity contribution in [3.63, 3.8) is 0 Å². The van der Waals surface area contributed by atoms with Crippen LogP contribution in [0.3, 0.4) is 0 Å². The van der Waals surface area contributed by atoms with Gasteiger partial charge in [0.05, 0.1) is 0 Å². The highest BCUT2D eigenvalue weighted by atomic mass is 15.1. The fourth-order valence-electron chi connectivity index (χ4n) is 10.5. The Balaban J connectivity index is 1.11. The van der Waals surface area contributed by atoms with E-state index in [4.69, 9.17) is 0 Å². The van der Waals surface area contributed by atoms with E-state index < -0.39 is 0 Å². The van der Waals surface area contributed by atoms with Crippen LogP contribution in [-0.4, -0.2) is 0 Å². The highest BCUT2D eigenvalue weighted by Gasteiger charge is 2.61. The number of anilines is 3. The van der Waals surface area contributed by atoms with Gasteiger partial charge in [-0.05, 0) is 142 Å². The first kappa shape index (κ1) is 25.7. The van der Waals surface area contributed by atoms with Crippen LogP contribution in [0.4, 0.5) is 17.1 Å². The predicted molar refractivity (Wildman–Crippen MR) is 187 cm³/mol. The first-order valence-corrected chi connectivity index (χ1v) is 16.9. The summed E-state index contributed by atoms with van der Waals surface area (Å²) >= 11 is 0. The molecule has 218 valence electrons. The van der Waals surface area contributed by atoms with Crippen molar-refractivity contribution in [2.24, 2.45) is 23.7 Å². The molecule has 0 N–H and O–H groups in total. The molecule has 45 heavy (non-hydrogen) atoms. The van der Waals surface area contributed by atoms with Gasteiger partial charge in [0.2, 0.25) is 0 Å². The van der Waals surface area contributed by atoms with Crippen molar-refractivity contribution < 1.29 is 0 Å². The first-order chi connectivity index (χ1) is 22.3. The summed E-state index contributed by atoms with van der Waals surface area (Å²) in [5.74, 6) is 3.41. The molecule has 4 bridgehead atoms. The van der Waals surface area contributed by atoms with Crippen LogP contribution in [0.15, 0.2) is 140 Å². The Bertz CT molecular complexity index is 2040. The zero-order valence-corrected chi connectivity index (χ0v) is 25.6. The molecule has 5 aliphatic carbocycles. The van der Waals surface area contributed by atoms with Crippen LogP contribution < -0.4 is 4.90 Å². The summed E-state index contributed by atoms with van der Waals surface area (Å²) in [6.45, 7) is 0. The van der Waals surface area contributed by atoms with E-state index in [9.17, 15) is 0 Å². The highest BCUT2D eigenvalue weighted by Crippen LogP contribution is 2.69.